The fourth-order valence-corrected chi connectivity index (χ4v) is 5.06. The number of rotatable bonds is 11. The zero-order valence-corrected chi connectivity index (χ0v) is 23.6. The van der Waals surface area contributed by atoms with Crippen LogP contribution in [0.4, 0.5) is 0 Å². The Labute approximate surface area is 202 Å². The second-order valence-corrected chi connectivity index (χ2v) is 15.7. The maximum absolute atomic E-state index is 12.9. The Bertz CT molecular complexity index is 959. The van der Waals surface area contributed by atoms with Crippen molar-refractivity contribution in [2.75, 3.05) is 0 Å². The third kappa shape index (κ3) is 7.05. The maximum atomic E-state index is 12.9. The molecule has 2 rings (SSSR count). The lowest BCUT2D eigenvalue weighted by Gasteiger charge is -2.38. The lowest BCUT2D eigenvalue weighted by molar-refractivity contribution is 0.480. The first kappa shape index (κ1) is 27.4. The number of H-pyrrole nitrogens is 1. The van der Waals surface area contributed by atoms with Crippen LogP contribution in [0.15, 0.2) is 16.9 Å². The van der Waals surface area contributed by atoms with E-state index in [1.54, 1.807) is 0 Å². The molecule has 0 spiro atoms. The van der Waals surface area contributed by atoms with E-state index < -0.39 is 8.32 Å². The first-order chi connectivity index (χ1) is 15.4. The smallest absolute Gasteiger partial charge is 0.254 e. The molecule has 0 aliphatic carbocycles. The van der Waals surface area contributed by atoms with Crippen LogP contribution >= 0.6 is 0 Å². The zero-order valence-electron chi connectivity index (χ0n) is 22.6. The summed E-state index contributed by atoms with van der Waals surface area (Å²) in [6.45, 7) is 20.0. The van der Waals surface area contributed by atoms with E-state index in [4.69, 9.17) is 9.41 Å². The summed E-state index contributed by atoms with van der Waals surface area (Å²) in [5, 5.41) is 0.147. The van der Waals surface area contributed by atoms with Crippen molar-refractivity contribution in [3.05, 3.63) is 56.3 Å². The Morgan fingerprint density at radius 1 is 0.970 bits per heavy atom. The van der Waals surface area contributed by atoms with Crippen LogP contribution in [0.1, 0.15) is 101 Å². The second-order valence-electron chi connectivity index (χ2n) is 11.0. The molecule has 0 fully saturated rings. The van der Waals surface area contributed by atoms with Crippen molar-refractivity contribution in [1.82, 2.24) is 9.97 Å². The summed E-state index contributed by atoms with van der Waals surface area (Å²) < 4.78 is 6.91. The molecule has 1 aromatic carbocycles. The van der Waals surface area contributed by atoms with Crippen molar-refractivity contribution in [3.8, 4) is 5.75 Å². The van der Waals surface area contributed by atoms with Crippen LogP contribution in [0, 0.1) is 6.92 Å². The average Bonchev–Trinajstić information content (AvgIpc) is 2.70. The van der Waals surface area contributed by atoms with Crippen molar-refractivity contribution < 1.29 is 4.43 Å². The highest BCUT2D eigenvalue weighted by molar-refractivity contribution is 6.74. The Morgan fingerprint density at radius 3 is 2.03 bits per heavy atom. The summed E-state index contributed by atoms with van der Waals surface area (Å²) in [6.07, 6.45) is 7.72. The van der Waals surface area contributed by atoms with Gasteiger partial charge in [0.2, 0.25) is 0 Å². The largest absolute Gasteiger partial charge is 0.543 e. The minimum Gasteiger partial charge on any atom is -0.543 e. The van der Waals surface area contributed by atoms with E-state index in [0.29, 0.717) is 12.2 Å². The van der Waals surface area contributed by atoms with Gasteiger partial charge in [-0.15, -0.1) is 0 Å². The van der Waals surface area contributed by atoms with E-state index in [1.807, 2.05) is 6.92 Å². The molecule has 4 nitrogen and oxygen atoms in total. The molecule has 2 aromatic rings. The van der Waals surface area contributed by atoms with Crippen molar-refractivity contribution in [1.29, 1.82) is 0 Å². The summed E-state index contributed by atoms with van der Waals surface area (Å²) in [6, 6.07) is 4.57. The number of aromatic nitrogens is 2. The zero-order chi connectivity index (χ0) is 24.8. The van der Waals surface area contributed by atoms with Gasteiger partial charge in [-0.2, -0.15) is 0 Å². The topological polar surface area (TPSA) is 55.0 Å². The lowest BCUT2D eigenvalue weighted by atomic mass is 9.94. The summed E-state index contributed by atoms with van der Waals surface area (Å²) >= 11 is 0. The number of nitrogens with zero attached hydrogens (tertiary/aromatic N) is 1. The van der Waals surface area contributed by atoms with Gasteiger partial charge in [-0.25, -0.2) is 4.98 Å². The second kappa shape index (κ2) is 11.5. The number of hydrogen-bond acceptors (Lipinski definition) is 3. The van der Waals surface area contributed by atoms with E-state index in [9.17, 15) is 4.79 Å². The quantitative estimate of drug-likeness (QED) is 0.350. The number of aromatic amines is 1. The predicted molar refractivity (Wildman–Crippen MR) is 143 cm³/mol. The Hall–Kier alpha value is -1.88. The third-order valence-corrected chi connectivity index (χ3v) is 11.2. The molecule has 1 N–H and O–H groups in total. The first-order valence-corrected chi connectivity index (χ1v) is 15.8. The third-order valence-electron chi connectivity index (χ3n) is 6.87. The molecule has 0 aliphatic rings. The average molecular weight is 471 g/mol. The fraction of sp³-hybridized carbons (Fsp3) is 0.643. The van der Waals surface area contributed by atoms with Crippen LogP contribution in [-0.2, 0) is 25.7 Å². The van der Waals surface area contributed by atoms with E-state index in [0.717, 1.165) is 62.0 Å². The van der Waals surface area contributed by atoms with Crippen LogP contribution in [0.3, 0.4) is 0 Å². The van der Waals surface area contributed by atoms with Gasteiger partial charge in [0.1, 0.15) is 11.6 Å². The van der Waals surface area contributed by atoms with Gasteiger partial charge in [-0.05, 0) is 67.4 Å². The van der Waals surface area contributed by atoms with Gasteiger partial charge in [0.25, 0.3) is 13.9 Å². The Balaban J connectivity index is 2.58. The van der Waals surface area contributed by atoms with E-state index >= 15 is 0 Å². The van der Waals surface area contributed by atoms with E-state index in [1.165, 1.54) is 16.7 Å². The van der Waals surface area contributed by atoms with Crippen LogP contribution in [0.5, 0.6) is 5.75 Å². The van der Waals surface area contributed by atoms with Crippen molar-refractivity contribution >= 4 is 8.32 Å². The van der Waals surface area contributed by atoms with E-state index in [2.05, 4.69) is 71.8 Å². The minimum absolute atomic E-state index is 0.00397. The molecule has 0 bridgehead atoms. The monoisotopic (exact) mass is 470 g/mol. The number of aryl methyl sites for hydroxylation is 4. The van der Waals surface area contributed by atoms with Crippen LogP contribution in [0.2, 0.25) is 18.1 Å². The molecular weight excluding hydrogens is 424 g/mol. The van der Waals surface area contributed by atoms with Crippen molar-refractivity contribution in [3.63, 3.8) is 0 Å². The van der Waals surface area contributed by atoms with Gasteiger partial charge in [-0.3, -0.25) is 4.79 Å². The highest BCUT2D eigenvalue weighted by atomic mass is 28.4. The molecule has 5 heteroatoms. The fourth-order valence-electron chi connectivity index (χ4n) is 3.98. The molecule has 33 heavy (non-hydrogen) atoms. The van der Waals surface area contributed by atoms with Crippen LogP contribution in [-0.4, -0.2) is 18.3 Å². The highest BCUT2D eigenvalue weighted by Gasteiger charge is 2.39. The number of unbranched alkanes of at least 4 members (excludes halogenated alkanes) is 1. The summed E-state index contributed by atoms with van der Waals surface area (Å²) in [5.74, 6) is 1.81. The van der Waals surface area contributed by atoms with E-state index in [-0.39, 0.29) is 10.6 Å². The maximum Gasteiger partial charge on any atom is 0.254 e. The summed E-state index contributed by atoms with van der Waals surface area (Å²) in [4.78, 5) is 20.5. The lowest BCUT2D eigenvalue weighted by Crippen LogP contribution is -2.44. The molecule has 0 aliphatic heterocycles. The molecule has 1 aromatic heterocycles. The molecule has 184 valence electrons. The van der Waals surface area contributed by atoms with Crippen LogP contribution < -0.4 is 9.99 Å². The van der Waals surface area contributed by atoms with Gasteiger partial charge in [0.05, 0.1) is 5.69 Å². The predicted octanol–water partition coefficient (Wildman–Crippen LogP) is 7.30. The SMILES string of the molecule is CCCCc1nc(C)[nH]c(=O)c1Cc1cc(CCC)c(O[Si](C)(C)C(C)(C)C)c(CCC)c1. The van der Waals surface area contributed by atoms with Gasteiger partial charge in [0, 0.05) is 12.0 Å². The van der Waals surface area contributed by atoms with Gasteiger partial charge in [0.15, 0.2) is 0 Å². The van der Waals surface area contributed by atoms with Gasteiger partial charge in [-0.1, -0.05) is 72.9 Å². The minimum atomic E-state index is -1.96. The van der Waals surface area contributed by atoms with Gasteiger partial charge >= 0.3 is 0 Å². The Kier molecular flexibility index (Phi) is 9.54. The van der Waals surface area contributed by atoms with Crippen LogP contribution in [0.25, 0.3) is 0 Å². The summed E-state index contributed by atoms with van der Waals surface area (Å²) in [7, 11) is -1.96. The number of hydrogen-bond donors (Lipinski definition) is 1. The first-order valence-electron chi connectivity index (χ1n) is 12.9. The number of nitrogens with one attached hydrogen (secondary N) is 1. The molecule has 0 radical (unpaired) electrons. The van der Waals surface area contributed by atoms with Gasteiger partial charge < -0.3 is 9.41 Å². The molecule has 0 atom stereocenters. The Morgan fingerprint density at radius 2 is 1.55 bits per heavy atom. The molecule has 0 amide bonds. The molecule has 1 heterocycles. The molecule has 0 unspecified atom stereocenters. The molecule has 0 saturated heterocycles. The van der Waals surface area contributed by atoms with Crippen molar-refractivity contribution in [2.45, 2.75) is 118 Å². The standard InChI is InChI=1S/C28H46N2O2Si/c1-10-13-16-25-24(27(31)30-20(4)29-25)19-21-17-22(14-11-2)26(23(18-21)15-12-3)32-33(8,9)28(5,6)7/h17-18H,10-16,19H2,1-9H3,(H,29,30,31). The number of benzene rings is 1. The normalized spacial score (nSPS) is 12.3. The highest BCUT2D eigenvalue weighted by Crippen LogP contribution is 2.40. The summed E-state index contributed by atoms with van der Waals surface area (Å²) in [5.41, 5.74) is 5.54. The molecular formula is C28H46N2O2Si. The molecule has 0 saturated carbocycles. The van der Waals surface area contributed by atoms with Crippen molar-refractivity contribution in [2.24, 2.45) is 0 Å².